The third kappa shape index (κ3) is 4.07. The summed E-state index contributed by atoms with van der Waals surface area (Å²) in [6.07, 6.45) is 5.22. The van der Waals surface area contributed by atoms with E-state index in [0.29, 0.717) is 13.0 Å². The molecule has 0 saturated carbocycles. The van der Waals surface area contributed by atoms with Gasteiger partial charge in [0.2, 0.25) is 5.91 Å². The Morgan fingerprint density at radius 1 is 1.55 bits per heavy atom. The average Bonchev–Trinajstić information content (AvgIpc) is 2.99. The number of halogens is 2. The minimum Gasteiger partial charge on any atom is -0.354 e. The zero-order valence-corrected chi connectivity index (χ0v) is 13.5. The fourth-order valence-corrected chi connectivity index (χ4v) is 2.45. The molecule has 0 spiro atoms. The third-order valence-electron chi connectivity index (χ3n) is 3.72. The van der Waals surface area contributed by atoms with Crippen molar-refractivity contribution in [1.82, 2.24) is 25.4 Å². The number of rotatable bonds is 5. The number of nitrogens with one attached hydrogen (secondary N) is 2. The predicted octanol–water partition coefficient (Wildman–Crippen LogP) is 0.850. The molecule has 116 valence electrons. The molecular formula is C12H23Cl2N5O. The molecule has 2 rings (SSSR count). The van der Waals surface area contributed by atoms with Gasteiger partial charge in [-0.25, -0.2) is 0 Å². The van der Waals surface area contributed by atoms with Gasteiger partial charge < -0.3 is 15.2 Å². The van der Waals surface area contributed by atoms with Crippen LogP contribution in [0.3, 0.4) is 0 Å². The Morgan fingerprint density at radius 2 is 2.30 bits per heavy atom. The van der Waals surface area contributed by atoms with Crippen molar-refractivity contribution < 1.29 is 4.79 Å². The number of aryl methyl sites for hydroxylation is 1. The van der Waals surface area contributed by atoms with E-state index in [2.05, 4.69) is 27.8 Å². The maximum absolute atomic E-state index is 12.2. The van der Waals surface area contributed by atoms with Crippen molar-refractivity contribution in [3.05, 3.63) is 12.2 Å². The zero-order chi connectivity index (χ0) is 13.0. The summed E-state index contributed by atoms with van der Waals surface area (Å²) < 4.78 is 1.87. The Morgan fingerprint density at radius 3 is 2.80 bits per heavy atom. The van der Waals surface area contributed by atoms with E-state index in [-0.39, 0.29) is 36.3 Å². The van der Waals surface area contributed by atoms with E-state index in [0.717, 1.165) is 31.6 Å². The molecular weight excluding hydrogens is 301 g/mol. The first-order chi connectivity index (χ1) is 8.68. The van der Waals surface area contributed by atoms with E-state index >= 15 is 0 Å². The summed E-state index contributed by atoms with van der Waals surface area (Å²) in [7, 11) is 1.91. The lowest BCUT2D eigenvalue weighted by atomic mass is 9.93. The molecule has 1 aliphatic heterocycles. The van der Waals surface area contributed by atoms with E-state index in [9.17, 15) is 4.79 Å². The van der Waals surface area contributed by atoms with Gasteiger partial charge in [0, 0.05) is 20.0 Å². The summed E-state index contributed by atoms with van der Waals surface area (Å²) in [5, 5.41) is 14.1. The molecule has 1 aliphatic rings. The number of aromatic nitrogens is 3. The number of hydrogen-bond acceptors (Lipinski definition) is 4. The standard InChI is InChI=1S/C12H21N5O.2ClH/c1-3-12(6-4-7-14-12)11(18)13-8-5-10-16-15-9-17(10)2;;/h9,14H,3-8H2,1-2H3,(H,13,18);2*1H. The minimum absolute atomic E-state index is 0. The molecule has 1 aromatic rings. The molecule has 8 heteroatoms. The molecule has 1 amide bonds. The number of amides is 1. The molecule has 0 bridgehead atoms. The number of carbonyl (C=O) groups excluding carboxylic acids is 1. The van der Waals surface area contributed by atoms with Gasteiger partial charge in [-0.15, -0.1) is 35.0 Å². The highest BCUT2D eigenvalue weighted by molar-refractivity contribution is 5.86. The van der Waals surface area contributed by atoms with Crippen LogP contribution < -0.4 is 10.6 Å². The third-order valence-corrected chi connectivity index (χ3v) is 3.72. The first-order valence-corrected chi connectivity index (χ1v) is 6.54. The summed E-state index contributed by atoms with van der Waals surface area (Å²) in [4.78, 5) is 12.2. The normalized spacial score (nSPS) is 20.9. The summed E-state index contributed by atoms with van der Waals surface area (Å²) in [6, 6.07) is 0. The van der Waals surface area contributed by atoms with Gasteiger partial charge in [0.1, 0.15) is 12.2 Å². The van der Waals surface area contributed by atoms with Gasteiger partial charge in [0.05, 0.1) is 5.54 Å². The quantitative estimate of drug-likeness (QED) is 0.842. The lowest BCUT2D eigenvalue weighted by Crippen LogP contribution is -2.53. The van der Waals surface area contributed by atoms with E-state index < -0.39 is 0 Å². The van der Waals surface area contributed by atoms with E-state index in [1.165, 1.54) is 0 Å². The SMILES string of the molecule is CCC1(C(=O)NCCc2nncn2C)CCCN1.Cl.Cl. The van der Waals surface area contributed by atoms with Crippen LogP contribution in [0.4, 0.5) is 0 Å². The number of nitrogens with zero attached hydrogens (tertiary/aromatic N) is 3. The molecule has 1 saturated heterocycles. The number of hydrogen-bond donors (Lipinski definition) is 2. The van der Waals surface area contributed by atoms with Crippen molar-refractivity contribution in [3.8, 4) is 0 Å². The van der Waals surface area contributed by atoms with Crippen molar-refractivity contribution in [2.45, 2.75) is 38.1 Å². The van der Waals surface area contributed by atoms with Gasteiger partial charge in [-0.3, -0.25) is 4.79 Å². The second-order valence-electron chi connectivity index (χ2n) is 4.83. The van der Waals surface area contributed by atoms with Crippen LogP contribution in [0.25, 0.3) is 0 Å². The maximum atomic E-state index is 12.2. The van der Waals surface area contributed by atoms with Gasteiger partial charge >= 0.3 is 0 Å². The minimum atomic E-state index is -0.347. The van der Waals surface area contributed by atoms with Gasteiger partial charge in [0.25, 0.3) is 0 Å². The van der Waals surface area contributed by atoms with Crippen molar-refractivity contribution in [3.63, 3.8) is 0 Å². The smallest absolute Gasteiger partial charge is 0.240 e. The molecule has 0 aliphatic carbocycles. The Balaban J connectivity index is 0.00000180. The topological polar surface area (TPSA) is 71.8 Å². The van der Waals surface area contributed by atoms with Gasteiger partial charge in [-0.05, 0) is 25.8 Å². The summed E-state index contributed by atoms with van der Waals surface area (Å²) >= 11 is 0. The predicted molar refractivity (Wildman–Crippen MR) is 82.5 cm³/mol. The molecule has 6 nitrogen and oxygen atoms in total. The van der Waals surface area contributed by atoms with Crippen molar-refractivity contribution in [2.24, 2.45) is 7.05 Å². The molecule has 2 heterocycles. The van der Waals surface area contributed by atoms with Crippen LogP contribution in [-0.2, 0) is 18.3 Å². The lowest BCUT2D eigenvalue weighted by molar-refractivity contribution is -0.127. The number of carbonyl (C=O) groups is 1. The van der Waals surface area contributed by atoms with Crippen molar-refractivity contribution in [1.29, 1.82) is 0 Å². The van der Waals surface area contributed by atoms with Gasteiger partial charge in [-0.1, -0.05) is 6.92 Å². The fourth-order valence-electron chi connectivity index (χ4n) is 2.45. The molecule has 0 radical (unpaired) electrons. The van der Waals surface area contributed by atoms with Crippen LogP contribution in [0.5, 0.6) is 0 Å². The van der Waals surface area contributed by atoms with E-state index in [1.54, 1.807) is 6.33 Å². The summed E-state index contributed by atoms with van der Waals surface area (Å²) in [5.41, 5.74) is -0.347. The Hall–Kier alpha value is -0.850. The van der Waals surface area contributed by atoms with Crippen LogP contribution in [0.1, 0.15) is 32.0 Å². The van der Waals surface area contributed by atoms with Crippen LogP contribution in [0.2, 0.25) is 0 Å². The Labute approximate surface area is 131 Å². The van der Waals surface area contributed by atoms with E-state index in [1.807, 2.05) is 11.6 Å². The van der Waals surface area contributed by atoms with Crippen LogP contribution in [0, 0.1) is 0 Å². The average molecular weight is 324 g/mol. The van der Waals surface area contributed by atoms with Crippen LogP contribution >= 0.6 is 24.8 Å². The monoisotopic (exact) mass is 323 g/mol. The van der Waals surface area contributed by atoms with Gasteiger partial charge in [0.15, 0.2) is 0 Å². The molecule has 1 atom stereocenters. The molecule has 0 aromatic carbocycles. The second-order valence-corrected chi connectivity index (χ2v) is 4.83. The molecule has 2 N–H and O–H groups in total. The van der Waals surface area contributed by atoms with Crippen LogP contribution in [-0.4, -0.2) is 39.3 Å². The lowest BCUT2D eigenvalue weighted by Gasteiger charge is -2.26. The zero-order valence-electron chi connectivity index (χ0n) is 11.9. The van der Waals surface area contributed by atoms with Crippen LogP contribution in [0.15, 0.2) is 6.33 Å². The van der Waals surface area contributed by atoms with Crippen molar-refractivity contribution >= 4 is 30.7 Å². The second kappa shape index (κ2) is 8.44. The molecule has 20 heavy (non-hydrogen) atoms. The summed E-state index contributed by atoms with van der Waals surface area (Å²) in [6.45, 7) is 3.60. The maximum Gasteiger partial charge on any atom is 0.240 e. The molecule has 1 aromatic heterocycles. The first kappa shape index (κ1) is 19.1. The molecule has 1 fully saturated rings. The Kier molecular flexibility index (Phi) is 8.08. The highest BCUT2D eigenvalue weighted by Crippen LogP contribution is 2.22. The fraction of sp³-hybridized carbons (Fsp3) is 0.750. The largest absolute Gasteiger partial charge is 0.354 e. The first-order valence-electron chi connectivity index (χ1n) is 6.54. The van der Waals surface area contributed by atoms with E-state index in [4.69, 9.17) is 0 Å². The highest BCUT2D eigenvalue weighted by atomic mass is 35.5. The highest BCUT2D eigenvalue weighted by Gasteiger charge is 2.38. The molecule has 1 unspecified atom stereocenters. The van der Waals surface area contributed by atoms with Gasteiger partial charge in [-0.2, -0.15) is 0 Å². The van der Waals surface area contributed by atoms with Crippen molar-refractivity contribution in [2.75, 3.05) is 13.1 Å². The Bertz CT molecular complexity index is 418. The summed E-state index contributed by atoms with van der Waals surface area (Å²) in [5.74, 6) is 1.00.